The molecule has 0 bridgehead atoms. The van der Waals surface area contributed by atoms with Crippen LogP contribution in [0.1, 0.15) is 40.4 Å². The van der Waals surface area contributed by atoms with Gasteiger partial charge in [-0.1, -0.05) is 12.1 Å². The second kappa shape index (κ2) is 9.51. The van der Waals surface area contributed by atoms with Crippen molar-refractivity contribution >= 4 is 5.91 Å². The van der Waals surface area contributed by atoms with Gasteiger partial charge in [-0.3, -0.25) is 9.78 Å². The maximum Gasteiger partial charge on any atom is 0.254 e. The van der Waals surface area contributed by atoms with Crippen LogP contribution < -0.4 is 14.2 Å². The van der Waals surface area contributed by atoms with Crippen molar-refractivity contribution in [2.24, 2.45) is 0 Å². The lowest BCUT2D eigenvalue weighted by atomic mass is 10.0. The Labute approximate surface area is 182 Å². The Morgan fingerprint density at radius 1 is 1.06 bits per heavy atom. The van der Waals surface area contributed by atoms with Gasteiger partial charge in [0.15, 0.2) is 11.5 Å². The van der Waals surface area contributed by atoms with E-state index < -0.39 is 0 Å². The number of carbonyl (C=O) groups excluding carboxylic acids is 1. The molecule has 2 heterocycles. The third-order valence-electron chi connectivity index (χ3n) is 5.54. The Bertz CT molecular complexity index is 1020. The predicted octanol–water partition coefficient (Wildman–Crippen LogP) is 4.66. The molecule has 0 radical (unpaired) electrons. The third kappa shape index (κ3) is 4.63. The van der Waals surface area contributed by atoms with E-state index in [0.29, 0.717) is 23.7 Å². The Hall–Kier alpha value is -3.54. The average molecular weight is 418 g/mol. The summed E-state index contributed by atoms with van der Waals surface area (Å²) in [6.07, 6.45) is 5.40. The largest absolute Gasteiger partial charge is 0.493 e. The number of nitrogens with zero attached hydrogens (tertiary/aromatic N) is 2. The number of amides is 1. The monoisotopic (exact) mass is 418 g/mol. The van der Waals surface area contributed by atoms with Gasteiger partial charge in [-0.25, -0.2) is 0 Å². The molecule has 6 nitrogen and oxygen atoms in total. The molecule has 6 heteroatoms. The van der Waals surface area contributed by atoms with Crippen molar-refractivity contribution < 1.29 is 19.0 Å². The summed E-state index contributed by atoms with van der Waals surface area (Å²) in [6.45, 7) is 1.17. The first-order chi connectivity index (χ1) is 15.2. The molecular weight excluding hydrogens is 392 g/mol. The van der Waals surface area contributed by atoms with Crippen molar-refractivity contribution in [2.75, 3.05) is 20.8 Å². The fourth-order valence-corrected chi connectivity index (χ4v) is 3.93. The number of pyridine rings is 1. The van der Waals surface area contributed by atoms with Crippen molar-refractivity contribution in [3.8, 4) is 17.2 Å². The molecule has 1 unspecified atom stereocenters. The average Bonchev–Trinajstić information content (AvgIpc) is 3.33. The Morgan fingerprint density at radius 2 is 1.87 bits per heavy atom. The Kier molecular flexibility index (Phi) is 6.36. The van der Waals surface area contributed by atoms with Gasteiger partial charge in [-0.15, -0.1) is 0 Å². The molecule has 1 atom stereocenters. The summed E-state index contributed by atoms with van der Waals surface area (Å²) >= 11 is 0. The van der Waals surface area contributed by atoms with Crippen LogP contribution in [-0.2, 0) is 6.61 Å². The summed E-state index contributed by atoms with van der Waals surface area (Å²) in [4.78, 5) is 19.2. The fourth-order valence-electron chi connectivity index (χ4n) is 3.93. The third-order valence-corrected chi connectivity index (χ3v) is 5.54. The molecule has 0 aliphatic carbocycles. The summed E-state index contributed by atoms with van der Waals surface area (Å²) in [5.74, 6) is 2.10. The Balaban J connectivity index is 1.45. The van der Waals surface area contributed by atoms with Crippen LogP contribution >= 0.6 is 0 Å². The second-order valence-corrected chi connectivity index (χ2v) is 7.45. The standard InChI is InChI=1S/C25H26N2O4/c1-29-23-12-9-20(15-24(23)30-2)22-6-4-14-27(22)25(28)19-7-10-21(11-8-19)31-17-18-5-3-13-26-16-18/h3,5,7-13,15-16,22H,4,6,14,17H2,1-2H3. The summed E-state index contributed by atoms with van der Waals surface area (Å²) in [5, 5.41) is 0. The first-order valence-corrected chi connectivity index (χ1v) is 10.3. The van der Waals surface area contributed by atoms with Gasteiger partial charge in [-0.2, -0.15) is 0 Å². The highest BCUT2D eigenvalue weighted by atomic mass is 16.5. The highest BCUT2D eigenvalue weighted by molar-refractivity contribution is 5.94. The molecule has 1 aliphatic rings. The molecule has 4 rings (SSSR count). The number of hydrogen-bond donors (Lipinski definition) is 0. The van der Waals surface area contributed by atoms with E-state index in [1.807, 2.05) is 59.5 Å². The van der Waals surface area contributed by atoms with Crippen molar-refractivity contribution in [1.82, 2.24) is 9.88 Å². The molecule has 1 saturated heterocycles. The topological polar surface area (TPSA) is 60.9 Å². The molecule has 1 aliphatic heterocycles. The van der Waals surface area contributed by atoms with Crippen LogP contribution in [0.4, 0.5) is 0 Å². The van der Waals surface area contributed by atoms with E-state index >= 15 is 0 Å². The van der Waals surface area contributed by atoms with E-state index in [4.69, 9.17) is 14.2 Å². The maximum atomic E-state index is 13.2. The van der Waals surface area contributed by atoms with Gasteiger partial charge in [0.1, 0.15) is 12.4 Å². The zero-order chi connectivity index (χ0) is 21.6. The SMILES string of the molecule is COc1ccc(C2CCCN2C(=O)c2ccc(OCc3cccnc3)cc2)cc1OC. The number of benzene rings is 2. The molecule has 1 aromatic heterocycles. The van der Waals surface area contributed by atoms with Crippen LogP contribution in [0.2, 0.25) is 0 Å². The van der Waals surface area contributed by atoms with Crippen LogP contribution in [0, 0.1) is 0 Å². The molecule has 0 saturated carbocycles. The van der Waals surface area contributed by atoms with Gasteiger partial charge >= 0.3 is 0 Å². The molecule has 160 valence electrons. The second-order valence-electron chi connectivity index (χ2n) is 7.45. The highest BCUT2D eigenvalue weighted by Gasteiger charge is 2.31. The highest BCUT2D eigenvalue weighted by Crippen LogP contribution is 2.37. The number of aromatic nitrogens is 1. The van der Waals surface area contributed by atoms with Crippen molar-refractivity contribution in [2.45, 2.75) is 25.5 Å². The number of rotatable bonds is 7. The van der Waals surface area contributed by atoms with Gasteiger partial charge in [0, 0.05) is 30.1 Å². The zero-order valence-corrected chi connectivity index (χ0v) is 17.8. The van der Waals surface area contributed by atoms with Crippen LogP contribution in [0.5, 0.6) is 17.2 Å². The molecule has 2 aromatic carbocycles. The van der Waals surface area contributed by atoms with Crippen LogP contribution in [0.15, 0.2) is 67.0 Å². The molecule has 31 heavy (non-hydrogen) atoms. The lowest BCUT2D eigenvalue weighted by molar-refractivity contribution is 0.0735. The molecule has 0 spiro atoms. The number of carbonyl (C=O) groups is 1. The minimum Gasteiger partial charge on any atom is -0.493 e. The smallest absolute Gasteiger partial charge is 0.254 e. The summed E-state index contributed by atoms with van der Waals surface area (Å²) in [6, 6.07) is 17.1. The van der Waals surface area contributed by atoms with Gasteiger partial charge in [0.2, 0.25) is 0 Å². The van der Waals surface area contributed by atoms with E-state index in [1.165, 1.54) is 0 Å². The van der Waals surface area contributed by atoms with Crippen LogP contribution in [-0.4, -0.2) is 36.6 Å². The minimum absolute atomic E-state index is 0.0220. The van der Waals surface area contributed by atoms with E-state index in [0.717, 1.165) is 36.3 Å². The zero-order valence-electron chi connectivity index (χ0n) is 17.8. The summed E-state index contributed by atoms with van der Waals surface area (Å²) in [5.41, 5.74) is 2.71. The van der Waals surface area contributed by atoms with E-state index in [1.54, 1.807) is 26.6 Å². The van der Waals surface area contributed by atoms with Crippen molar-refractivity contribution in [1.29, 1.82) is 0 Å². The molecular formula is C25H26N2O4. The van der Waals surface area contributed by atoms with E-state index in [9.17, 15) is 4.79 Å². The van der Waals surface area contributed by atoms with Gasteiger partial charge in [-0.05, 0) is 60.9 Å². The van der Waals surface area contributed by atoms with Crippen LogP contribution in [0.25, 0.3) is 0 Å². The maximum absolute atomic E-state index is 13.2. The molecule has 3 aromatic rings. The van der Waals surface area contributed by atoms with E-state index in [-0.39, 0.29) is 11.9 Å². The quantitative estimate of drug-likeness (QED) is 0.559. The summed E-state index contributed by atoms with van der Waals surface area (Å²) < 4.78 is 16.6. The minimum atomic E-state index is 0.0220. The number of likely N-dealkylation sites (tertiary alicyclic amines) is 1. The number of hydrogen-bond acceptors (Lipinski definition) is 5. The van der Waals surface area contributed by atoms with Gasteiger partial charge in [0.25, 0.3) is 5.91 Å². The number of methoxy groups -OCH3 is 2. The van der Waals surface area contributed by atoms with Crippen molar-refractivity contribution in [3.63, 3.8) is 0 Å². The van der Waals surface area contributed by atoms with Gasteiger partial charge < -0.3 is 19.1 Å². The first-order valence-electron chi connectivity index (χ1n) is 10.3. The normalized spacial score (nSPS) is 15.5. The van der Waals surface area contributed by atoms with Crippen molar-refractivity contribution in [3.05, 3.63) is 83.7 Å². The predicted molar refractivity (Wildman–Crippen MR) is 118 cm³/mol. The lowest BCUT2D eigenvalue weighted by Gasteiger charge is -2.26. The summed E-state index contributed by atoms with van der Waals surface area (Å²) in [7, 11) is 3.24. The van der Waals surface area contributed by atoms with Crippen LogP contribution in [0.3, 0.4) is 0 Å². The molecule has 1 amide bonds. The van der Waals surface area contributed by atoms with Gasteiger partial charge in [0.05, 0.1) is 20.3 Å². The molecule has 1 fully saturated rings. The molecule has 0 N–H and O–H groups in total. The number of ether oxygens (including phenoxy) is 3. The fraction of sp³-hybridized carbons (Fsp3) is 0.280. The van der Waals surface area contributed by atoms with E-state index in [2.05, 4.69) is 4.98 Å². The lowest BCUT2D eigenvalue weighted by Crippen LogP contribution is -2.30. The Morgan fingerprint density at radius 3 is 2.58 bits per heavy atom. The first kappa shape index (κ1) is 20.7.